The fraction of sp³-hybridized carbons (Fsp3) is 0.444. The van der Waals surface area contributed by atoms with Gasteiger partial charge in [0.15, 0.2) is 0 Å². The normalized spacial score (nSPS) is 21.0. The van der Waals surface area contributed by atoms with Crippen LogP contribution in [0.2, 0.25) is 0 Å². The van der Waals surface area contributed by atoms with Gasteiger partial charge in [0.05, 0.1) is 19.9 Å². The smallest absolute Gasteiger partial charge is 0.497 e. The number of hydrogen-bond donors (Lipinski definition) is 1. The van der Waals surface area contributed by atoms with Crippen molar-refractivity contribution >= 4 is 16.9 Å². The SMILES string of the molecule is COC(=O)[C+]1CCCN2CCc3c([nH]c4cc(OC)ccc34)C12. The average Bonchev–Trinajstić information content (AvgIpc) is 2.98. The number of aromatic nitrogens is 1. The molecule has 3 heterocycles. The van der Waals surface area contributed by atoms with Gasteiger partial charge in [0.2, 0.25) is 12.0 Å². The average molecular weight is 313 g/mol. The van der Waals surface area contributed by atoms with Crippen molar-refractivity contribution in [1.82, 2.24) is 9.88 Å². The number of H-pyrrole nitrogens is 1. The summed E-state index contributed by atoms with van der Waals surface area (Å²) in [6, 6.07) is 6.16. The van der Waals surface area contributed by atoms with Crippen LogP contribution in [0.4, 0.5) is 0 Å². The summed E-state index contributed by atoms with van der Waals surface area (Å²) in [6.07, 6.45) is 2.84. The molecule has 1 aromatic heterocycles. The Kier molecular flexibility index (Phi) is 3.45. The van der Waals surface area contributed by atoms with E-state index in [0.717, 1.165) is 55.2 Å². The van der Waals surface area contributed by atoms with Gasteiger partial charge in [-0.25, -0.2) is 0 Å². The second-order valence-electron chi connectivity index (χ2n) is 6.24. The molecule has 120 valence electrons. The third kappa shape index (κ3) is 2.18. The van der Waals surface area contributed by atoms with Crippen molar-refractivity contribution in [2.24, 2.45) is 0 Å². The quantitative estimate of drug-likeness (QED) is 0.684. The lowest BCUT2D eigenvalue weighted by Gasteiger charge is -2.35. The van der Waals surface area contributed by atoms with Crippen LogP contribution in [-0.2, 0) is 16.0 Å². The topological polar surface area (TPSA) is 54.6 Å². The molecule has 1 aromatic carbocycles. The lowest BCUT2D eigenvalue weighted by Crippen LogP contribution is -2.44. The summed E-state index contributed by atoms with van der Waals surface area (Å²) in [5.74, 6) is 1.54. The van der Waals surface area contributed by atoms with E-state index < -0.39 is 0 Å². The van der Waals surface area contributed by atoms with Crippen LogP contribution >= 0.6 is 0 Å². The Morgan fingerprint density at radius 1 is 1.35 bits per heavy atom. The molecule has 0 saturated carbocycles. The van der Waals surface area contributed by atoms with Crippen LogP contribution in [-0.4, -0.2) is 43.2 Å². The molecular weight excluding hydrogens is 292 g/mol. The number of rotatable bonds is 2. The summed E-state index contributed by atoms with van der Waals surface area (Å²) in [5, 5.41) is 1.23. The van der Waals surface area contributed by atoms with Crippen LogP contribution < -0.4 is 4.74 Å². The number of methoxy groups -OCH3 is 2. The maximum atomic E-state index is 12.2. The maximum absolute atomic E-state index is 12.2. The minimum atomic E-state index is -0.177. The van der Waals surface area contributed by atoms with E-state index in [4.69, 9.17) is 9.47 Å². The number of ether oxygens (including phenoxy) is 2. The zero-order valence-corrected chi connectivity index (χ0v) is 13.5. The number of hydrogen-bond acceptors (Lipinski definition) is 4. The summed E-state index contributed by atoms with van der Waals surface area (Å²) in [6.45, 7) is 2.01. The van der Waals surface area contributed by atoms with Crippen LogP contribution in [0, 0.1) is 5.92 Å². The summed E-state index contributed by atoms with van der Waals surface area (Å²) in [5.41, 5.74) is 3.55. The van der Waals surface area contributed by atoms with E-state index >= 15 is 0 Å². The highest BCUT2D eigenvalue weighted by Crippen LogP contribution is 2.44. The van der Waals surface area contributed by atoms with Gasteiger partial charge in [0, 0.05) is 36.5 Å². The molecule has 4 rings (SSSR count). The lowest BCUT2D eigenvalue weighted by atomic mass is 9.82. The predicted molar refractivity (Wildman–Crippen MR) is 87.4 cm³/mol. The molecule has 23 heavy (non-hydrogen) atoms. The molecular formula is C18H21N2O3+. The van der Waals surface area contributed by atoms with Crippen LogP contribution in [0.25, 0.3) is 10.9 Å². The molecule has 1 saturated heterocycles. The van der Waals surface area contributed by atoms with E-state index in [1.165, 1.54) is 18.1 Å². The van der Waals surface area contributed by atoms with E-state index in [9.17, 15) is 4.79 Å². The first-order chi connectivity index (χ1) is 11.2. The molecule has 1 atom stereocenters. The maximum Gasteiger partial charge on any atom is 0.500 e. The second kappa shape index (κ2) is 5.49. The van der Waals surface area contributed by atoms with Crippen LogP contribution in [0.5, 0.6) is 5.75 Å². The summed E-state index contributed by atoms with van der Waals surface area (Å²) in [7, 11) is 3.14. The van der Waals surface area contributed by atoms with Crippen molar-refractivity contribution in [3.8, 4) is 5.75 Å². The summed E-state index contributed by atoms with van der Waals surface area (Å²) >= 11 is 0. The summed E-state index contributed by atoms with van der Waals surface area (Å²) < 4.78 is 10.4. The molecule has 1 fully saturated rings. The van der Waals surface area contributed by atoms with E-state index in [-0.39, 0.29) is 12.0 Å². The highest BCUT2D eigenvalue weighted by molar-refractivity contribution is 5.90. The molecule has 5 heteroatoms. The van der Waals surface area contributed by atoms with Gasteiger partial charge in [-0.2, -0.15) is 4.79 Å². The Morgan fingerprint density at radius 3 is 3.00 bits per heavy atom. The van der Waals surface area contributed by atoms with Gasteiger partial charge in [-0.05, 0) is 24.1 Å². The Hall–Kier alpha value is -2.14. The predicted octanol–water partition coefficient (Wildman–Crippen LogP) is 2.62. The minimum absolute atomic E-state index is 0.0262. The van der Waals surface area contributed by atoms with Gasteiger partial charge in [-0.3, -0.25) is 4.90 Å². The van der Waals surface area contributed by atoms with Crippen molar-refractivity contribution < 1.29 is 14.3 Å². The standard InChI is InChI=1S/C18H21N2O3/c1-22-11-5-6-12-13-7-9-20-8-3-4-14(18(21)23-2)17(20)16(13)19-15(12)10-11/h5-6,10,17,19H,3-4,7-9H2,1-2H3/q+1. The zero-order valence-electron chi connectivity index (χ0n) is 13.5. The van der Waals surface area contributed by atoms with Gasteiger partial charge in [0.25, 0.3) is 0 Å². The first kappa shape index (κ1) is 14.5. The second-order valence-corrected chi connectivity index (χ2v) is 6.24. The van der Waals surface area contributed by atoms with Gasteiger partial charge in [-0.15, -0.1) is 0 Å². The molecule has 2 aromatic rings. The van der Waals surface area contributed by atoms with E-state index in [0.29, 0.717) is 0 Å². The van der Waals surface area contributed by atoms with Gasteiger partial charge >= 0.3 is 5.97 Å². The van der Waals surface area contributed by atoms with Crippen LogP contribution in [0.1, 0.15) is 30.1 Å². The van der Waals surface area contributed by atoms with Gasteiger partial charge in [-0.1, -0.05) is 0 Å². The number of fused-ring (bicyclic) bond motifs is 5. The van der Waals surface area contributed by atoms with Crippen molar-refractivity contribution in [3.63, 3.8) is 0 Å². The first-order valence-corrected chi connectivity index (χ1v) is 8.09. The van der Waals surface area contributed by atoms with Crippen molar-refractivity contribution in [1.29, 1.82) is 0 Å². The highest BCUT2D eigenvalue weighted by Gasteiger charge is 2.51. The highest BCUT2D eigenvalue weighted by atomic mass is 16.5. The first-order valence-electron chi connectivity index (χ1n) is 8.09. The number of nitrogens with one attached hydrogen (secondary N) is 1. The Bertz CT molecular complexity index is 752. The molecule has 0 amide bonds. The molecule has 5 nitrogen and oxygen atoms in total. The molecule has 1 N–H and O–H groups in total. The number of carbonyl (C=O) groups is 1. The molecule has 0 aliphatic carbocycles. The van der Waals surface area contributed by atoms with E-state index in [1.807, 2.05) is 12.1 Å². The summed E-state index contributed by atoms with van der Waals surface area (Å²) in [4.78, 5) is 18.2. The molecule has 2 aliphatic heterocycles. The number of carbonyl (C=O) groups excluding carboxylic acids is 1. The van der Waals surface area contributed by atoms with E-state index in [1.54, 1.807) is 7.11 Å². The van der Waals surface area contributed by atoms with Crippen LogP contribution in [0.15, 0.2) is 18.2 Å². The van der Waals surface area contributed by atoms with Crippen LogP contribution in [0.3, 0.4) is 0 Å². The Labute approximate surface area is 135 Å². The third-order valence-corrected chi connectivity index (χ3v) is 5.10. The Balaban J connectivity index is 1.83. The number of aromatic amines is 1. The monoisotopic (exact) mass is 313 g/mol. The largest absolute Gasteiger partial charge is 0.500 e. The third-order valence-electron chi connectivity index (χ3n) is 5.10. The van der Waals surface area contributed by atoms with Gasteiger partial charge in [0.1, 0.15) is 12.2 Å². The van der Waals surface area contributed by atoms with Crippen molar-refractivity contribution in [3.05, 3.63) is 35.4 Å². The molecule has 1 unspecified atom stereocenters. The molecule has 2 aliphatic rings. The number of esters is 1. The molecule has 0 spiro atoms. The number of nitrogens with zero attached hydrogens (tertiary/aromatic N) is 1. The zero-order chi connectivity index (χ0) is 16.0. The fourth-order valence-electron chi connectivity index (χ4n) is 4.04. The number of benzene rings is 1. The van der Waals surface area contributed by atoms with Gasteiger partial charge < -0.3 is 14.5 Å². The lowest BCUT2D eigenvalue weighted by molar-refractivity contribution is -0.140. The molecule has 0 bridgehead atoms. The van der Waals surface area contributed by atoms with Crippen molar-refractivity contribution in [2.75, 3.05) is 27.3 Å². The minimum Gasteiger partial charge on any atom is -0.497 e. The van der Waals surface area contributed by atoms with E-state index in [2.05, 4.69) is 16.0 Å². The van der Waals surface area contributed by atoms with Crippen molar-refractivity contribution in [2.45, 2.75) is 25.3 Å². The molecule has 0 radical (unpaired) electrons. The fourth-order valence-corrected chi connectivity index (χ4v) is 4.04. The Morgan fingerprint density at radius 2 is 2.22 bits per heavy atom. The number of piperidine rings is 1.